The lowest BCUT2D eigenvalue weighted by Gasteiger charge is -2.45. The maximum Gasteiger partial charge on any atom is 0.0247 e. The van der Waals surface area contributed by atoms with Crippen molar-refractivity contribution in [2.75, 3.05) is 25.4 Å². The Bertz CT molecular complexity index is 267. The monoisotopic (exact) mass is 270 g/mol. The van der Waals surface area contributed by atoms with Gasteiger partial charge in [-0.2, -0.15) is 11.8 Å². The minimum absolute atomic E-state index is 0.409. The molecule has 1 aliphatic heterocycles. The van der Waals surface area contributed by atoms with Crippen LogP contribution in [0, 0.1) is 11.8 Å². The molecular formula is C15H30N2S. The van der Waals surface area contributed by atoms with Crippen LogP contribution >= 0.6 is 11.8 Å². The van der Waals surface area contributed by atoms with E-state index in [-0.39, 0.29) is 0 Å². The second kappa shape index (κ2) is 6.15. The molecule has 2 rings (SSSR count). The fraction of sp³-hybridized carbons (Fsp3) is 1.00. The van der Waals surface area contributed by atoms with Crippen LogP contribution in [0.1, 0.15) is 46.5 Å². The highest BCUT2D eigenvalue weighted by molar-refractivity contribution is 8.00. The van der Waals surface area contributed by atoms with Gasteiger partial charge in [0, 0.05) is 36.2 Å². The van der Waals surface area contributed by atoms with Gasteiger partial charge in [0.2, 0.25) is 0 Å². The van der Waals surface area contributed by atoms with E-state index in [1.807, 2.05) is 0 Å². The topological polar surface area (TPSA) is 29.3 Å². The third-order valence-corrected chi connectivity index (χ3v) is 5.98. The van der Waals surface area contributed by atoms with Crippen molar-refractivity contribution < 1.29 is 0 Å². The summed E-state index contributed by atoms with van der Waals surface area (Å²) in [6, 6.07) is 0.632. The van der Waals surface area contributed by atoms with Gasteiger partial charge in [-0.3, -0.25) is 4.90 Å². The van der Waals surface area contributed by atoms with Gasteiger partial charge in [-0.25, -0.2) is 0 Å². The predicted molar refractivity (Wildman–Crippen MR) is 82.1 cm³/mol. The normalized spacial score (nSPS) is 35.3. The molecule has 2 nitrogen and oxygen atoms in total. The molecule has 1 saturated carbocycles. The van der Waals surface area contributed by atoms with Gasteiger partial charge in [0.15, 0.2) is 0 Å². The summed E-state index contributed by atoms with van der Waals surface area (Å²) < 4.78 is 0.409. The Kier molecular flexibility index (Phi) is 5.01. The summed E-state index contributed by atoms with van der Waals surface area (Å²) in [5.74, 6) is 3.02. The Morgan fingerprint density at radius 1 is 1.39 bits per heavy atom. The van der Waals surface area contributed by atoms with Gasteiger partial charge in [0.1, 0.15) is 0 Å². The molecule has 0 aromatic carbocycles. The molecule has 0 bridgehead atoms. The average molecular weight is 270 g/mol. The zero-order valence-electron chi connectivity index (χ0n) is 12.3. The largest absolute Gasteiger partial charge is 0.329 e. The van der Waals surface area contributed by atoms with Crippen LogP contribution in [0.3, 0.4) is 0 Å². The van der Waals surface area contributed by atoms with Crippen LogP contribution in [-0.4, -0.2) is 41.1 Å². The van der Waals surface area contributed by atoms with E-state index in [0.29, 0.717) is 10.8 Å². The minimum Gasteiger partial charge on any atom is -0.329 e. The van der Waals surface area contributed by atoms with Crippen LogP contribution in [0.4, 0.5) is 0 Å². The standard InChI is InChI=1S/C15H30N2S/c1-12-5-4-6-13(9-12)14(10-16)17-7-8-18-15(2,3)11-17/h12-14H,4-11,16H2,1-3H3. The van der Waals surface area contributed by atoms with Crippen molar-refractivity contribution in [3.8, 4) is 0 Å². The van der Waals surface area contributed by atoms with Crippen molar-refractivity contribution in [1.82, 2.24) is 4.90 Å². The van der Waals surface area contributed by atoms with Gasteiger partial charge >= 0.3 is 0 Å². The molecule has 3 atom stereocenters. The molecule has 1 heterocycles. The molecule has 0 aromatic heterocycles. The molecule has 3 heteroatoms. The number of hydrogen-bond donors (Lipinski definition) is 1. The van der Waals surface area contributed by atoms with Gasteiger partial charge in [-0.15, -0.1) is 0 Å². The first kappa shape index (κ1) is 14.7. The highest BCUT2D eigenvalue weighted by Crippen LogP contribution is 2.36. The molecule has 0 aromatic rings. The second-order valence-corrected chi connectivity index (χ2v) is 8.72. The molecule has 0 spiro atoms. The summed E-state index contributed by atoms with van der Waals surface area (Å²) in [6.45, 7) is 10.5. The number of hydrogen-bond acceptors (Lipinski definition) is 3. The first-order valence-electron chi connectivity index (χ1n) is 7.60. The van der Waals surface area contributed by atoms with Crippen LogP contribution < -0.4 is 5.73 Å². The summed E-state index contributed by atoms with van der Waals surface area (Å²) >= 11 is 2.12. The zero-order valence-corrected chi connectivity index (χ0v) is 13.1. The van der Waals surface area contributed by atoms with Crippen LogP contribution in [-0.2, 0) is 0 Å². The summed E-state index contributed by atoms with van der Waals surface area (Å²) in [5, 5.41) is 0. The number of nitrogens with zero attached hydrogens (tertiary/aromatic N) is 1. The number of thioether (sulfide) groups is 1. The Labute approximate surface area is 117 Å². The predicted octanol–water partition coefficient (Wildman–Crippen LogP) is 2.97. The minimum atomic E-state index is 0.409. The highest BCUT2D eigenvalue weighted by atomic mass is 32.2. The number of rotatable bonds is 3. The van der Waals surface area contributed by atoms with Gasteiger partial charge < -0.3 is 5.73 Å². The molecule has 106 valence electrons. The van der Waals surface area contributed by atoms with Gasteiger partial charge in [-0.05, 0) is 38.5 Å². The van der Waals surface area contributed by atoms with Gasteiger partial charge in [0.25, 0.3) is 0 Å². The van der Waals surface area contributed by atoms with E-state index in [1.54, 1.807) is 0 Å². The van der Waals surface area contributed by atoms with Crippen molar-refractivity contribution in [3.63, 3.8) is 0 Å². The van der Waals surface area contributed by atoms with E-state index in [9.17, 15) is 0 Å². The Morgan fingerprint density at radius 3 is 2.78 bits per heavy atom. The lowest BCUT2D eigenvalue weighted by molar-refractivity contribution is 0.103. The zero-order chi connectivity index (χ0) is 13.2. The lowest BCUT2D eigenvalue weighted by Crippen LogP contribution is -2.54. The fourth-order valence-corrected chi connectivity index (χ4v) is 4.94. The van der Waals surface area contributed by atoms with Crippen molar-refractivity contribution in [1.29, 1.82) is 0 Å². The summed E-state index contributed by atoms with van der Waals surface area (Å²) in [7, 11) is 0. The van der Waals surface area contributed by atoms with Crippen molar-refractivity contribution >= 4 is 11.8 Å². The fourth-order valence-electron chi connectivity index (χ4n) is 3.81. The summed E-state index contributed by atoms with van der Waals surface area (Å²) in [6.07, 6.45) is 5.63. The van der Waals surface area contributed by atoms with Crippen LogP contribution in [0.15, 0.2) is 0 Å². The van der Waals surface area contributed by atoms with E-state index in [4.69, 9.17) is 5.73 Å². The Hall–Kier alpha value is 0.270. The first-order chi connectivity index (χ1) is 8.52. The molecular weight excluding hydrogens is 240 g/mol. The van der Waals surface area contributed by atoms with E-state index in [0.717, 1.165) is 18.4 Å². The molecule has 2 aliphatic rings. The van der Waals surface area contributed by atoms with E-state index < -0.39 is 0 Å². The molecule has 1 aliphatic carbocycles. The van der Waals surface area contributed by atoms with Gasteiger partial charge in [-0.1, -0.05) is 19.8 Å². The smallest absolute Gasteiger partial charge is 0.0247 e. The molecule has 1 saturated heterocycles. The van der Waals surface area contributed by atoms with Crippen LogP contribution in [0.25, 0.3) is 0 Å². The summed E-state index contributed by atoms with van der Waals surface area (Å²) in [4.78, 5) is 2.69. The Morgan fingerprint density at radius 2 is 2.17 bits per heavy atom. The molecule has 0 amide bonds. The maximum absolute atomic E-state index is 6.12. The van der Waals surface area contributed by atoms with Crippen molar-refractivity contribution in [3.05, 3.63) is 0 Å². The highest BCUT2D eigenvalue weighted by Gasteiger charge is 2.35. The lowest BCUT2D eigenvalue weighted by atomic mass is 9.78. The third-order valence-electron chi connectivity index (χ3n) is 4.69. The second-order valence-electron chi connectivity index (χ2n) is 6.91. The van der Waals surface area contributed by atoms with Gasteiger partial charge in [0.05, 0.1) is 0 Å². The molecule has 2 fully saturated rings. The van der Waals surface area contributed by atoms with Crippen molar-refractivity contribution in [2.24, 2.45) is 17.6 Å². The Balaban J connectivity index is 1.98. The molecule has 0 radical (unpaired) electrons. The van der Waals surface area contributed by atoms with E-state index in [1.165, 1.54) is 44.5 Å². The van der Waals surface area contributed by atoms with Crippen LogP contribution in [0.5, 0.6) is 0 Å². The van der Waals surface area contributed by atoms with Crippen molar-refractivity contribution in [2.45, 2.75) is 57.2 Å². The molecule has 2 N–H and O–H groups in total. The average Bonchev–Trinajstić information content (AvgIpc) is 2.29. The SMILES string of the molecule is CC1CCCC(C(CN)N2CCSC(C)(C)C2)C1. The van der Waals surface area contributed by atoms with E-state index >= 15 is 0 Å². The number of nitrogens with two attached hydrogens (primary N) is 1. The van der Waals surface area contributed by atoms with Crippen LogP contribution in [0.2, 0.25) is 0 Å². The quantitative estimate of drug-likeness (QED) is 0.855. The van der Waals surface area contributed by atoms with E-state index in [2.05, 4.69) is 37.4 Å². The third kappa shape index (κ3) is 3.64. The first-order valence-corrected chi connectivity index (χ1v) is 8.58. The maximum atomic E-state index is 6.12. The molecule has 3 unspecified atom stereocenters. The summed E-state index contributed by atoms with van der Waals surface area (Å²) in [5.41, 5.74) is 6.12. The molecule has 18 heavy (non-hydrogen) atoms.